The summed E-state index contributed by atoms with van der Waals surface area (Å²) in [5, 5.41) is 5.74. The van der Waals surface area contributed by atoms with Gasteiger partial charge in [-0.3, -0.25) is 4.79 Å². The molecule has 0 bridgehead atoms. The van der Waals surface area contributed by atoms with Crippen molar-refractivity contribution in [2.24, 2.45) is 0 Å². The molecule has 0 aliphatic rings. The molecule has 0 unspecified atom stereocenters. The average Bonchev–Trinajstić information content (AvgIpc) is 2.01. The molecule has 0 spiro atoms. The highest BCUT2D eigenvalue weighted by molar-refractivity contribution is 7.98. The number of nitrogens with one attached hydrogen (secondary N) is 2. The highest BCUT2D eigenvalue weighted by Crippen LogP contribution is 1.87. The van der Waals surface area contributed by atoms with Crippen molar-refractivity contribution in [3.63, 3.8) is 0 Å². The first-order chi connectivity index (χ1) is 5.31. The third kappa shape index (κ3) is 7.68. The first kappa shape index (κ1) is 10.8. The van der Waals surface area contributed by atoms with Crippen LogP contribution in [0.5, 0.6) is 0 Å². The molecule has 0 saturated heterocycles. The maximum atomic E-state index is 10.9. The summed E-state index contributed by atoms with van der Waals surface area (Å²) in [4.78, 5) is 10.9. The molecule has 0 fully saturated rings. The Morgan fingerprint density at radius 3 is 2.73 bits per heavy atom. The summed E-state index contributed by atoms with van der Waals surface area (Å²) in [6.07, 6.45) is 2.60. The van der Waals surface area contributed by atoms with Crippen LogP contribution in [-0.4, -0.2) is 38.1 Å². The van der Waals surface area contributed by atoms with Gasteiger partial charge in [0.15, 0.2) is 0 Å². The molecule has 0 rings (SSSR count). The van der Waals surface area contributed by atoms with Crippen LogP contribution in [0, 0.1) is 0 Å². The van der Waals surface area contributed by atoms with Crippen molar-refractivity contribution >= 4 is 17.7 Å². The summed E-state index contributed by atoms with van der Waals surface area (Å²) in [7, 11) is 1.84. The lowest BCUT2D eigenvalue weighted by Gasteiger charge is -2.02. The minimum Gasteiger partial charge on any atom is -0.355 e. The van der Waals surface area contributed by atoms with Crippen LogP contribution in [-0.2, 0) is 4.79 Å². The third-order valence-electron chi connectivity index (χ3n) is 1.23. The first-order valence-electron chi connectivity index (χ1n) is 3.71. The van der Waals surface area contributed by atoms with Gasteiger partial charge in [0, 0.05) is 25.3 Å². The van der Waals surface area contributed by atoms with Gasteiger partial charge in [0.05, 0.1) is 0 Å². The molecule has 0 aliphatic heterocycles. The molecule has 0 aromatic rings. The number of amides is 1. The quantitative estimate of drug-likeness (QED) is 0.563. The molecular weight excluding hydrogens is 160 g/mol. The van der Waals surface area contributed by atoms with Gasteiger partial charge in [0.1, 0.15) is 0 Å². The van der Waals surface area contributed by atoms with Crippen molar-refractivity contribution < 1.29 is 4.79 Å². The second kappa shape index (κ2) is 7.88. The van der Waals surface area contributed by atoms with E-state index in [0.717, 1.165) is 18.8 Å². The number of carbonyl (C=O) groups excluding carboxylic acids is 1. The van der Waals surface area contributed by atoms with Gasteiger partial charge >= 0.3 is 0 Å². The Kier molecular flexibility index (Phi) is 7.72. The van der Waals surface area contributed by atoms with Crippen molar-refractivity contribution in [2.75, 3.05) is 32.1 Å². The highest BCUT2D eigenvalue weighted by atomic mass is 32.2. The number of hydrogen-bond donors (Lipinski definition) is 2. The molecule has 0 heterocycles. The fourth-order valence-electron chi connectivity index (χ4n) is 0.619. The van der Waals surface area contributed by atoms with Gasteiger partial charge in [0.2, 0.25) is 5.91 Å². The number of carbonyl (C=O) groups is 1. The number of thioether (sulfide) groups is 1. The molecule has 0 atom stereocenters. The lowest BCUT2D eigenvalue weighted by molar-refractivity contribution is -0.120. The van der Waals surface area contributed by atoms with Crippen LogP contribution in [0.2, 0.25) is 0 Å². The van der Waals surface area contributed by atoms with Crippen LogP contribution >= 0.6 is 11.8 Å². The molecule has 11 heavy (non-hydrogen) atoms. The molecule has 0 aromatic heterocycles. The zero-order chi connectivity index (χ0) is 8.53. The molecule has 0 aliphatic carbocycles. The zero-order valence-corrected chi connectivity index (χ0v) is 7.96. The summed E-state index contributed by atoms with van der Waals surface area (Å²) in [5.74, 6) is 1.12. The maximum Gasteiger partial charge on any atom is 0.221 e. The highest BCUT2D eigenvalue weighted by Gasteiger charge is 1.96. The van der Waals surface area contributed by atoms with Gasteiger partial charge < -0.3 is 10.6 Å². The van der Waals surface area contributed by atoms with Crippen LogP contribution in [0.3, 0.4) is 0 Å². The lowest BCUT2D eigenvalue weighted by Crippen LogP contribution is -2.28. The maximum absolute atomic E-state index is 10.9. The van der Waals surface area contributed by atoms with E-state index < -0.39 is 0 Å². The minimum absolute atomic E-state index is 0.133. The van der Waals surface area contributed by atoms with Gasteiger partial charge in [0.25, 0.3) is 0 Å². The monoisotopic (exact) mass is 176 g/mol. The summed E-state index contributed by atoms with van der Waals surface area (Å²) >= 11 is 1.74. The van der Waals surface area contributed by atoms with Gasteiger partial charge in [-0.05, 0) is 13.3 Å². The molecule has 1 amide bonds. The predicted octanol–water partition coefficient (Wildman–Crippen LogP) is 0.0751. The third-order valence-corrected chi connectivity index (χ3v) is 1.84. The summed E-state index contributed by atoms with van der Waals surface area (Å²) < 4.78 is 0. The van der Waals surface area contributed by atoms with Crippen LogP contribution in [0.15, 0.2) is 0 Å². The molecule has 3 nitrogen and oxygen atoms in total. The minimum atomic E-state index is 0.133. The van der Waals surface area contributed by atoms with E-state index in [0.29, 0.717) is 6.42 Å². The Morgan fingerprint density at radius 1 is 1.45 bits per heavy atom. The molecular formula is C7H16N2OS. The van der Waals surface area contributed by atoms with E-state index in [1.807, 2.05) is 13.3 Å². The molecule has 2 N–H and O–H groups in total. The smallest absolute Gasteiger partial charge is 0.221 e. The predicted molar refractivity (Wildman–Crippen MR) is 49.9 cm³/mol. The number of rotatable bonds is 6. The van der Waals surface area contributed by atoms with E-state index in [9.17, 15) is 4.79 Å². The second-order valence-corrected chi connectivity index (χ2v) is 3.18. The van der Waals surface area contributed by atoms with Crippen LogP contribution in [0.4, 0.5) is 0 Å². The normalized spacial score (nSPS) is 9.64. The van der Waals surface area contributed by atoms with E-state index in [-0.39, 0.29) is 5.91 Å². The Bertz CT molecular complexity index is 109. The Hall–Kier alpha value is -0.220. The average molecular weight is 176 g/mol. The molecule has 0 saturated carbocycles. The van der Waals surface area contributed by atoms with Gasteiger partial charge in [-0.2, -0.15) is 11.8 Å². The summed E-state index contributed by atoms with van der Waals surface area (Å²) in [6, 6.07) is 0. The molecule has 4 heteroatoms. The van der Waals surface area contributed by atoms with Gasteiger partial charge in [-0.25, -0.2) is 0 Å². The fraction of sp³-hybridized carbons (Fsp3) is 0.857. The topological polar surface area (TPSA) is 41.1 Å². The molecule has 66 valence electrons. The molecule has 0 aromatic carbocycles. The van der Waals surface area contributed by atoms with Gasteiger partial charge in [-0.1, -0.05) is 0 Å². The fourth-order valence-corrected chi connectivity index (χ4v) is 0.926. The van der Waals surface area contributed by atoms with Crippen LogP contribution < -0.4 is 10.6 Å². The van der Waals surface area contributed by atoms with Crippen molar-refractivity contribution in [1.82, 2.24) is 10.6 Å². The zero-order valence-electron chi connectivity index (χ0n) is 7.14. The van der Waals surface area contributed by atoms with E-state index in [4.69, 9.17) is 0 Å². The van der Waals surface area contributed by atoms with Crippen molar-refractivity contribution in [2.45, 2.75) is 6.42 Å². The van der Waals surface area contributed by atoms with Crippen LogP contribution in [0.25, 0.3) is 0 Å². The molecule has 0 radical (unpaired) electrons. The van der Waals surface area contributed by atoms with E-state index >= 15 is 0 Å². The van der Waals surface area contributed by atoms with E-state index in [1.165, 1.54) is 0 Å². The SMILES string of the molecule is CNCCC(=O)NCCSC. The van der Waals surface area contributed by atoms with E-state index in [2.05, 4.69) is 10.6 Å². The number of hydrogen-bond acceptors (Lipinski definition) is 3. The Balaban J connectivity index is 3.09. The van der Waals surface area contributed by atoms with Crippen molar-refractivity contribution in [3.05, 3.63) is 0 Å². The second-order valence-electron chi connectivity index (χ2n) is 2.20. The van der Waals surface area contributed by atoms with Crippen LogP contribution in [0.1, 0.15) is 6.42 Å². The van der Waals surface area contributed by atoms with Crippen molar-refractivity contribution in [3.8, 4) is 0 Å². The Labute approximate surface area is 72.3 Å². The van der Waals surface area contributed by atoms with Gasteiger partial charge in [-0.15, -0.1) is 0 Å². The Morgan fingerprint density at radius 2 is 2.18 bits per heavy atom. The lowest BCUT2D eigenvalue weighted by atomic mass is 10.4. The summed E-state index contributed by atoms with van der Waals surface area (Å²) in [5.41, 5.74) is 0. The standard InChI is InChI=1S/C7H16N2OS/c1-8-4-3-7(10)9-5-6-11-2/h8H,3-6H2,1-2H3,(H,9,10). The van der Waals surface area contributed by atoms with Crippen molar-refractivity contribution in [1.29, 1.82) is 0 Å². The summed E-state index contributed by atoms with van der Waals surface area (Å²) in [6.45, 7) is 1.54. The first-order valence-corrected chi connectivity index (χ1v) is 5.11. The largest absolute Gasteiger partial charge is 0.355 e. The van der Waals surface area contributed by atoms with E-state index in [1.54, 1.807) is 11.8 Å².